The monoisotopic (exact) mass is 593 g/mol. The first-order valence-electron chi connectivity index (χ1n) is 13.8. The predicted octanol–water partition coefficient (Wildman–Crippen LogP) is 7.53. The molecule has 2 fully saturated rings. The molecule has 0 aliphatic heterocycles. The summed E-state index contributed by atoms with van der Waals surface area (Å²) in [6, 6.07) is 4.86. The van der Waals surface area contributed by atoms with Crippen LogP contribution in [0.4, 0.5) is 8.78 Å². The number of carboxylic acid groups (broad SMARTS) is 1. The summed E-state index contributed by atoms with van der Waals surface area (Å²) in [5.74, 6) is 5.34. The fourth-order valence-corrected chi connectivity index (χ4v) is 6.28. The molecule has 212 valence electrons. The van der Waals surface area contributed by atoms with E-state index in [0.29, 0.717) is 46.0 Å². The highest BCUT2D eigenvalue weighted by Gasteiger charge is 2.31. The second-order valence-corrected chi connectivity index (χ2v) is 12.6. The van der Waals surface area contributed by atoms with Crippen LogP contribution in [0.25, 0.3) is 16.4 Å². The molecule has 10 heteroatoms. The summed E-state index contributed by atoms with van der Waals surface area (Å²) in [6.45, 7) is 0. The Kier molecular flexibility index (Phi) is 8.11. The Morgan fingerprint density at radius 3 is 2.71 bits per heavy atom. The minimum absolute atomic E-state index is 0.0402. The summed E-state index contributed by atoms with van der Waals surface area (Å²) in [5.41, 5.74) is 3.54. The fourth-order valence-electron chi connectivity index (χ4n) is 5.02. The molecule has 3 aliphatic carbocycles. The molecule has 0 radical (unpaired) electrons. The van der Waals surface area contributed by atoms with E-state index in [2.05, 4.69) is 16.8 Å². The van der Waals surface area contributed by atoms with Gasteiger partial charge in [0.1, 0.15) is 11.6 Å². The third-order valence-corrected chi connectivity index (χ3v) is 9.10. The van der Waals surface area contributed by atoms with Crippen LogP contribution in [0.3, 0.4) is 0 Å². The Labute approximate surface area is 245 Å². The lowest BCUT2D eigenvalue weighted by Gasteiger charge is -2.18. The molecule has 1 atom stereocenters. The van der Waals surface area contributed by atoms with Crippen LogP contribution in [0, 0.1) is 35.4 Å². The molecule has 3 aromatic rings. The lowest BCUT2D eigenvalue weighted by atomic mass is 9.89. The lowest BCUT2D eigenvalue weighted by Crippen LogP contribution is -2.10. The van der Waals surface area contributed by atoms with E-state index in [4.69, 9.17) is 9.28 Å². The Morgan fingerprint density at radius 1 is 1.22 bits per heavy atom. The number of benzene rings is 1. The van der Waals surface area contributed by atoms with Gasteiger partial charge in [0, 0.05) is 35.0 Å². The van der Waals surface area contributed by atoms with E-state index in [1.165, 1.54) is 42.7 Å². The Bertz CT molecular complexity index is 1610. The number of halogens is 2. The number of carbonyl (C=O) groups is 1. The minimum atomic E-state index is -1.10. The number of aromatic nitrogens is 3. The van der Waals surface area contributed by atoms with Crippen molar-refractivity contribution < 1.29 is 22.9 Å². The number of rotatable bonds is 10. The van der Waals surface area contributed by atoms with Crippen molar-refractivity contribution in [2.24, 2.45) is 17.8 Å². The maximum absolute atomic E-state index is 14.9. The van der Waals surface area contributed by atoms with Crippen LogP contribution >= 0.6 is 23.4 Å². The van der Waals surface area contributed by atoms with Gasteiger partial charge in [0.2, 0.25) is 5.13 Å². The minimum Gasteiger partial charge on any atom is -0.476 e. The van der Waals surface area contributed by atoms with Crippen LogP contribution in [0.5, 0.6) is 0 Å². The van der Waals surface area contributed by atoms with Gasteiger partial charge in [-0.05, 0) is 87.0 Å². The quantitative estimate of drug-likeness (QED) is 0.193. The Morgan fingerprint density at radius 2 is 2.02 bits per heavy atom. The average molecular weight is 594 g/mol. The molecule has 0 bridgehead atoms. The van der Waals surface area contributed by atoms with Crippen LogP contribution in [0.15, 0.2) is 46.5 Å². The van der Waals surface area contributed by atoms with Gasteiger partial charge in [-0.1, -0.05) is 17.9 Å². The lowest BCUT2D eigenvalue weighted by molar-refractivity contribution is 0.0691. The average Bonchev–Trinajstić information content (AvgIpc) is 3.87. The first-order valence-corrected chi connectivity index (χ1v) is 15.4. The highest BCUT2D eigenvalue weighted by Crippen LogP contribution is 2.40. The fraction of sp³-hybridized carbons (Fsp3) is 0.387. The van der Waals surface area contributed by atoms with Crippen molar-refractivity contribution in [3.63, 3.8) is 0 Å². The number of thiazole rings is 1. The predicted molar refractivity (Wildman–Crippen MR) is 156 cm³/mol. The van der Waals surface area contributed by atoms with Crippen LogP contribution < -0.4 is 0 Å². The van der Waals surface area contributed by atoms with E-state index in [-0.39, 0.29) is 23.3 Å². The van der Waals surface area contributed by atoms with E-state index in [1.807, 2.05) is 6.08 Å². The Hall–Kier alpha value is -3.26. The maximum Gasteiger partial charge on any atom is 0.355 e. The van der Waals surface area contributed by atoms with Crippen LogP contribution in [-0.2, 0) is 17.0 Å². The molecule has 2 heterocycles. The second-order valence-electron chi connectivity index (χ2n) is 10.8. The summed E-state index contributed by atoms with van der Waals surface area (Å²) in [7, 11) is 1.51. The van der Waals surface area contributed by atoms with Crippen molar-refractivity contribution in [3.8, 4) is 28.2 Å². The van der Waals surface area contributed by atoms with Crippen molar-refractivity contribution >= 4 is 29.3 Å². The molecule has 41 heavy (non-hydrogen) atoms. The number of aromatic carboxylic acids is 1. The summed E-state index contributed by atoms with van der Waals surface area (Å²) >= 11 is 2.22. The first kappa shape index (κ1) is 27.9. The number of carboxylic acids is 1. The summed E-state index contributed by atoms with van der Waals surface area (Å²) < 4.78 is 36.5. The van der Waals surface area contributed by atoms with Crippen molar-refractivity contribution in [2.75, 3.05) is 7.11 Å². The van der Waals surface area contributed by atoms with E-state index < -0.39 is 5.97 Å². The third kappa shape index (κ3) is 6.48. The molecule has 0 saturated heterocycles. The molecule has 0 spiro atoms. The van der Waals surface area contributed by atoms with Crippen LogP contribution in [0.1, 0.15) is 65.8 Å². The van der Waals surface area contributed by atoms with Crippen LogP contribution in [0.2, 0.25) is 0 Å². The molecular weight excluding hydrogens is 564 g/mol. The zero-order chi connectivity index (χ0) is 28.5. The van der Waals surface area contributed by atoms with Gasteiger partial charge in [0.25, 0.3) is 0 Å². The van der Waals surface area contributed by atoms with Gasteiger partial charge in [-0.25, -0.2) is 23.2 Å². The highest BCUT2D eigenvalue weighted by atomic mass is 32.2. The molecule has 1 aromatic carbocycles. The molecular formula is C31H29F2N3O3S2. The normalized spacial score (nSPS) is 18.5. The molecule has 6 nitrogen and oxygen atoms in total. The van der Waals surface area contributed by atoms with E-state index >= 15 is 0 Å². The first-order chi connectivity index (χ1) is 19.9. The van der Waals surface area contributed by atoms with E-state index in [9.17, 15) is 18.7 Å². The van der Waals surface area contributed by atoms with Gasteiger partial charge in [-0.15, -0.1) is 11.3 Å². The third-order valence-electron chi connectivity index (χ3n) is 7.57. The number of hydrogen-bond donors (Lipinski definition) is 1. The van der Waals surface area contributed by atoms with Crippen molar-refractivity contribution in [2.45, 2.75) is 51.4 Å². The molecule has 1 N–H and O–H groups in total. The van der Waals surface area contributed by atoms with Gasteiger partial charge < -0.3 is 9.29 Å². The Balaban J connectivity index is 1.44. The van der Waals surface area contributed by atoms with Crippen molar-refractivity contribution in [1.29, 1.82) is 0 Å². The zero-order valence-electron chi connectivity index (χ0n) is 22.5. The largest absolute Gasteiger partial charge is 0.476 e. The molecule has 0 amide bonds. The molecule has 6 rings (SSSR count). The number of hydrogen-bond acceptors (Lipinski definition) is 6. The van der Waals surface area contributed by atoms with Crippen molar-refractivity contribution in [1.82, 2.24) is 14.8 Å². The summed E-state index contributed by atoms with van der Waals surface area (Å²) in [5, 5.41) is 16.4. The van der Waals surface area contributed by atoms with E-state index in [0.717, 1.165) is 54.5 Å². The van der Waals surface area contributed by atoms with Gasteiger partial charge in [0.05, 0.1) is 29.0 Å². The summed E-state index contributed by atoms with van der Waals surface area (Å²) in [4.78, 5) is 16.4. The van der Waals surface area contributed by atoms with Gasteiger partial charge in [-0.2, -0.15) is 5.10 Å². The van der Waals surface area contributed by atoms with Gasteiger partial charge in [-0.3, -0.25) is 0 Å². The summed E-state index contributed by atoms with van der Waals surface area (Å²) in [6.07, 6.45) is 10.7. The molecule has 2 saturated carbocycles. The van der Waals surface area contributed by atoms with E-state index in [1.54, 1.807) is 22.9 Å². The van der Waals surface area contributed by atoms with Gasteiger partial charge >= 0.3 is 5.97 Å². The second kappa shape index (κ2) is 11.9. The zero-order valence-corrected chi connectivity index (χ0v) is 24.2. The topological polar surface area (TPSA) is 77.2 Å². The maximum atomic E-state index is 14.9. The standard InChI is InChI=1S/C31H29F2N3O3S2/c1-39-41-28-12-9-20(14-25(28)33)13-23-27(15-19-7-8-19)36(31-34-26(17-40-31)30(37)38)35-29(23)22-10-11-24(32)21(16-22)4-2-3-18-5-6-18/h10-12,14,16-20H,3,5-9,13,15H2,1H3,(H,37,38). The SMILES string of the molecule is COSC1=CCC(Cc2c(-c3ccc(F)c(C#CCC4CC4)c3)nn(-c3nc(C(=O)O)cs3)c2CC2CC2)C=C1F. The van der Waals surface area contributed by atoms with Crippen LogP contribution in [-0.4, -0.2) is 33.0 Å². The highest BCUT2D eigenvalue weighted by molar-refractivity contribution is 7.98. The number of nitrogens with zero attached hydrogens (tertiary/aromatic N) is 3. The van der Waals surface area contributed by atoms with Gasteiger partial charge in [0.15, 0.2) is 5.69 Å². The smallest absolute Gasteiger partial charge is 0.355 e. The molecule has 3 aliphatic rings. The molecule has 2 aromatic heterocycles. The van der Waals surface area contributed by atoms with Crippen molar-refractivity contribution in [3.05, 3.63) is 74.8 Å². The number of allylic oxidation sites excluding steroid dienone is 3. The molecule has 1 unspecified atom stereocenters.